The molecule has 2 amide bonds. The van der Waals surface area contributed by atoms with E-state index in [0.717, 1.165) is 0 Å². The minimum atomic E-state index is -0.536. The fraction of sp³-hybridized carbons (Fsp3) is 0.222. The SMILES string of the molecule is O=C(Nc1c(Cl)cccc1Cl)C1CC(=O)N(Cc2ccccc2F)C1. The van der Waals surface area contributed by atoms with Crippen molar-refractivity contribution in [2.75, 3.05) is 11.9 Å². The second kappa shape index (κ2) is 7.42. The highest BCUT2D eigenvalue weighted by atomic mass is 35.5. The molecule has 1 aliphatic rings. The van der Waals surface area contributed by atoms with E-state index in [1.54, 1.807) is 36.4 Å². The molecular formula is C18H15Cl2FN2O2. The minimum absolute atomic E-state index is 0.0718. The van der Waals surface area contributed by atoms with E-state index in [1.807, 2.05) is 0 Å². The molecule has 0 spiro atoms. The summed E-state index contributed by atoms with van der Waals surface area (Å²) >= 11 is 12.1. The summed E-state index contributed by atoms with van der Waals surface area (Å²) in [4.78, 5) is 26.1. The van der Waals surface area contributed by atoms with Crippen LogP contribution < -0.4 is 5.32 Å². The highest BCUT2D eigenvalue weighted by Crippen LogP contribution is 2.31. The van der Waals surface area contributed by atoms with Crippen LogP contribution in [0.25, 0.3) is 0 Å². The predicted molar refractivity (Wildman–Crippen MR) is 95.0 cm³/mol. The molecule has 0 aromatic heterocycles. The van der Waals surface area contributed by atoms with Gasteiger partial charge in [-0.05, 0) is 18.2 Å². The smallest absolute Gasteiger partial charge is 0.229 e. The molecule has 130 valence electrons. The number of anilines is 1. The number of para-hydroxylation sites is 1. The van der Waals surface area contributed by atoms with E-state index in [-0.39, 0.29) is 37.1 Å². The van der Waals surface area contributed by atoms with Crippen molar-refractivity contribution in [1.29, 1.82) is 0 Å². The van der Waals surface area contributed by atoms with Gasteiger partial charge in [-0.2, -0.15) is 0 Å². The van der Waals surface area contributed by atoms with E-state index >= 15 is 0 Å². The third-order valence-corrected chi connectivity index (χ3v) is 4.75. The van der Waals surface area contributed by atoms with Crippen LogP contribution in [0.5, 0.6) is 0 Å². The highest BCUT2D eigenvalue weighted by molar-refractivity contribution is 6.39. The molecule has 0 bridgehead atoms. The highest BCUT2D eigenvalue weighted by Gasteiger charge is 2.35. The van der Waals surface area contributed by atoms with Gasteiger partial charge in [-0.3, -0.25) is 9.59 Å². The van der Waals surface area contributed by atoms with Gasteiger partial charge in [0.15, 0.2) is 0 Å². The average molecular weight is 381 g/mol. The second-order valence-corrected chi connectivity index (χ2v) is 6.67. The zero-order chi connectivity index (χ0) is 18.0. The van der Waals surface area contributed by atoms with Crippen LogP contribution in [0.4, 0.5) is 10.1 Å². The number of carbonyl (C=O) groups is 2. The summed E-state index contributed by atoms with van der Waals surface area (Å²) in [6, 6.07) is 11.2. The number of nitrogens with zero attached hydrogens (tertiary/aromatic N) is 1. The zero-order valence-corrected chi connectivity index (χ0v) is 14.6. The Morgan fingerprint density at radius 3 is 2.52 bits per heavy atom. The normalized spacial score (nSPS) is 17.0. The predicted octanol–water partition coefficient (Wildman–Crippen LogP) is 4.12. The molecule has 1 atom stereocenters. The third kappa shape index (κ3) is 3.94. The van der Waals surface area contributed by atoms with Crippen molar-refractivity contribution in [2.45, 2.75) is 13.0 Å². The number of carbonyl (C=O) groups excluding carboxylic acids is 2. The topological polar surface area (TPSA) is 49.4 Å². The first-order valence-electron chi connectivity index (χ1n) is 7.71. The van der Waals surface area contributed by atoms with E-state index in [1.165, 1.54) is 11.0 Å². The lowest BCUT2D eigenvalue weighted by molar-refractivity contribution is -0.128. The Morgan fingerprint density at radius 2 is 1.84 bits per heavy atom. The first-order valence-corrected chi connectivity index (χ1v) is 8.47. The number of hydrogen-bond donors (Lipinski definition) is 1. The van der Waals surface area contributed by atoms with Gasteiger partial charge in [0.05, 0.1) is 21.7 Å². The quantitative estimate of drug-likeness (QED) is 0.866. The van der Waals surface area contributed by atoms with Crippen LogP contribution in [-0.4, -0.2) is 23.3 Å². The summed E-state index contributed by atoms with van der Waals surface area (Å²) in [6.45, 7) is 0.364. The maximum absolute atomic E-state index is 13.8. The summed E-state index contributed by atoms with van der Waals surface area (Å²) in [7, 11) is 0. The van der Waals surface area contributed by atoms with Crippen molar-refractivity contribution in [3.63, 3.8) is 0 Å². The van der Waals surface area contributed by atoms with Gasteiger partial charge in [-0.15, -0.1) is 0 Å². The molecule has 1 unspecified atom stereocenters. The molecule has 1 aliphatic heterocycles. The molecule has 2 aromatic carbocycles. The number of likely N-dealkylation sites (tertiary alicyclic amines) is 1. The summed E-state index contributed by atoms with van der Waals surface area (Å²) in [6.07, 6.45) is 0.0718. The van der Waals surface area contributed by atoms with Crippen molar-refractivity contribution < 1.29 is 14.0 Å². The van der Waals surface area contributed by atoms with Crippen LogP contribution in [0, 0.1) is 11.7 Å². The largest absolute Gasteiger partial charge is 0.337 e. The van der Waals surface area contributed by atoms with E-state index in [2.05, 4.69) is 5.32 Å². The third-order valence-electron chi connectivity index (χ3n) is 4.12. The molecule has 7 heteroatoms. The van der Waals surface area contributed by atoms with Gasteiger partial charge in [-0.25, -0.2) is 4.39 Å². The van der Waals surface area contributed by atoms with E-state index in [4.69, 9.17) is 23.2 Å². The molecule has 25 heavy (non-hydrogen) atoms. The lowest BCUT2D eigenvalue weighted by atomic mass is 10.1. The molecule has 1 N–H and O–H groups in total. The number of halogens is 3. The molecule has 2 aromatic rings. The monoisotopic (exact) mass is 380 g/mol. The summed E-state index contributed by atoms with van der Waals surface area (Å²) in [5, 5.41) is 3.34. The van der Waals surface area contributed by atoms with Crippen molar-refractivity contribution in [3.05, 3.63) is 63.9 Å². The molecule has 0 radical (unpaired) electrons. The van der Waals surface area contributed by atoms with Crippen molar-refractivity contribution in [3.8, 4) is 0 Å². The Labute approximate surface area is 154 Å². The van der Waals surface area contributed by atoms with E-state index < -0.39 is 5.92 Å². The van der Waals surface area contributed by atoms with Crippen LogP contribution >= 0.6 is 23.2 Å². The Bertz CT molecular complexity index is 808. The van der Waals surface area contributed by atoms with E-state index in [0.29, 0.717) is 21.3 Å². The molecule has 3 rings (SSSR count). The molecule has 1 saturated heterocycles. The first-order chi connectivity index (χ1) is 12.0. The fourth-order valence-corrected chi connectivity index (χ4v) is 3.27. The van der Waals surface area contributed by atoms with Crippen LogP contribution in [0.1, 0.15) is 12.0 Å². The first kappa shape index (κ1) is 17.7. The summed E-state index contributed by atoms with van der Waals surface area (Å²) in [5.74, 6) is -1.43. The summed E-state index contributed by atoms with van der Waals surface area (Å²) < 4.78 is 13.8. The molecule has 0 aliphatic carbocycles. The van der Waals surface area contributed by atoms with Gasteiger partial charge in [0, 0.05) is 25.1 Å². The van der Waals surface area contributed by atoms with Crippen molar-refractivity contribution in [2.24, 2.45) is 5.92 Å². The molecule has 0 saturated carbocycles. The maximum atomic E-state index is 13.8. The van der Waals surface area contributed by atoms with Crippen molar-refractivity contribution >= 4 is 40.7 Å². The molecule has 1 fully saturated rings. The zero-order valence-electron chi connectivity index (χ0n) is 13.1. The maximum Gasteiger partial charge on any atom is 0.229 e. The molecule has 1 heterocycles. The van der Waals surface area contributed by atoms with Crippen LogP contribution in [0.15, 0.2) is 42.5 Å². The molecule has 4 nitrogen and oxygen atoms in total. The standard InChI is InChI=1S/C18H15Cl2FN2O2/c19-13-5-3-6-14(20)17(13)22-18(25)12-8-16(24)23(10-12)9-11-4-1-2-7-15(11)21/h1-7,12H,8-10H2,(H,22,25). The Morgan fingerprint density at radius 1 is 1.16 bits per heavy atom. The lowest BCUT2D eigenvalue weighted by Gasteiger charge is -2.17. The lowest BCUT2D eigenvalue weighted by Crippen LogP contribution is -2.28. The number of benzene rings is 2. The van der Waals surface area contributed by atoms with Crippen LogP contribution in [0.2, 0.25) is 10.0 Å². The number of rotatable bonds is 4. The average Bonchev–Trinajstić information content (AvgIpc) is 2.94. The van der Waals surface area contributed by atoms with Gasteiger partial charge in [-0.1, -0.05) is 47.5 Å². The van der Waals surface area contributed by atoms with Gasteiger partial charge in [0.25, 0.3) is 0 Å². The van der Waals surface area contributed by atoms with Gasteiger partial charge >= 0.3 is 0 Å². The Kier molecular flexibility index (Phi) is 5.25. The van der Waals surface area contributed by atoms with Crippen LogP contribution in [0.3, 0.4) is 0 Å². The van der Waals surface area contributed by atoms with Gasteiger partial charge in [0.1, 0.15) is 5.82 Å². The second-order valence-electron chi connectivity index (χ2n) is 5.85. The fourth-order valence-electron chi connectivity index (χ4n) is 2.78. The van der Waals surface area contributed by atoms with E-state index in [9.17, 15) is 14.0 Å². The Balaban J connectivity index is 1.68. The van der Waals surface area contributed by atoms with Gasteiger partial charge in [0.2, 0.25) is 11.8 Å². The van der Waals surface area contributed by atoms with Crippen LogP contribution in [-0.2, 0) is 16.1 Å². The number of amides is 2. The minimum Gasteiger partial charge on any atom is -0.337 e. The summed E-state index contributed by atoms with van der Waals surface area (Å²) in [5.41, 5.74) is 0.752. The number of nitrogens with one attached hydrogen (secondary N) is 1. The van der Waals surface area contributed by atoms with Crippen molar-refractivity contribution in [1.82, 2.24) is 4.90 Å². The Hall–Kier alpha value is -2.11. The molecular weight excluding hydrogens is 366 g/mol. The van der Waals surface area contributed by atoms with Gasteiger partial charge < -0.3 is 10.2 Å². The number of hydrogen-bond acceptors (Lipinski definition) is 2.